The molecule has 0 aromatic carbocycles. The lowest BCUT2D eigenvalue weighted by Crippen LogP contribution is -2.47. The van der Waals surface area contributed by atoms with Crippen molar-refractivity contribution in [2.45, 2.75) is 283 Å². The van der Waals surface area contributed by atoms with Gasteiger partial charge in [-0.1, -0.05) is 255 Å². The number of hydrogen-bond donors (Lipinski definition) is 1. The van der Waals surface area contributed by atoms with Crippen LogP contribution in [0.5, 0.6) is 0 Å². The van der Waals surface area contributed by atoms with Gasteiger partial charge in [-0.05, 0) is 76.7 Å². The van der Waals surface area contributed by atoms with Gasteiger partial charge in [0.15, 0.2) is 0 Å². The van der Waals surface area contributed by atoms with Gasteiger partial charge in [0.2, 0.25) is 5.91 Å². The Morgan fingerprint density at radius 2 is 0.865 bits per heavy atom. The highest BCUT2D eigenvalue weighted by molar-refractivity contribution is 7.45. The van der Waals surface area contributed by atoms with Crippen LogP contribution in [-0.2, 0) is 27.9 Å². The number of carbonyl (C=O) groups excluding carboxylic acids is 2. The lowest BCUT2D eigenvalue weighted by Gasteiger charge is -2.30. The lowest BCUT2D eigenvalue weighted by molar-refractivity contribution is -0.870. The second-order valence-electron chi connectivity index (χ2n) is 21.8. The number of quaternary nitrogens is 1. The van der Waals surface area contributed by atoms with Gasteiger partial charge in [-0.25, -0.2) is 0 Å². The zero-order chi connectivity index (χ0) is 54.3. The van der Waals surface area contributed by atoms with E-state index < -0.39 is 26.6 Å². The van der Waals surface area contributed by atoms with Crippen molar-refractivity contribution in [2.24, 2.45) is 0 Å². The second kappa shape index (κ2) is 53.8. The molecule has 1 N–H and O–H groups in total. The topological polar surface area (TPSA) is 114 Å². The van der Waals surface area contributed by atoms with Crippen molar-refractivity contribution in [1.82, 2.24) is 5.32 Å². The summed E-state index contributed by atoms with van der Waals surface area (Å²) in [5, 5.41) is 3.02. The minimum atomic E-state index is -4.71. The first-order valence-corrected chi connectivity index (χ1v) is 32.2. The number of nitrogens with one attached hydrogen (secondary N) is 1. The van der Waals surface area contributed by atoms with Crippen molar-refractivity contribution in [2.75, 3.05) is 40.9 Å². The predicted molar refractivity (Wildman–Crippen MR) is 316 cm³/mol. The second-order valence-corrected chi connectivity index (χ2v) is 23.2. The predicted octanol–water partition coefficient (Wildman–Crippen LogP) is 18.2. The first-order chi connectivity index (χ1) is 35.9. The van der Waals surface area contributed by atoms with E-state index in [2.05, 4.69) is 86.8 Å². The van der Waals surface area contributed by atoms with Gasteiger partial charge in [0, 0.05) is 12.8 Å². The average molecular weight is 1060 g/mol. The van der Waals surface area contributed by atoms with Crippen LogP contribution in [0.3, 0.4) is 0 Å². The molecule has 0 bridgehead atoms. The van der Waals surface area contributed by atoms with E-state index >= 15 is 0 Å². The van der Waals surface area contributed by atoms with Crippen LogP contribution in [0.2, 0.25) is 0 Å². The quantitative estimate of drug-likeness (QED) is 0.0212. The molecule has 0 aliphatic carbocycles. The molecule has 0 fully saturated rings. The van der Waals surface area contributed by atoms with Crippen molar-refractivity contribution in [3.63, 3.8) is 0 Å². The SMILES string of the molecule is CC/C=C\C/C=C\C/C=C\C/C=C\C/C=C\CCCCCC(=O)OC(/C=C/CCCCCCCCCCCC)C(COP(=O)([O-])OCC[N+](C)(C)C)NC(=O)CCCCCCCCCCCCCCCCCCC. The molecule has 0 rings (SSSR count). The lowest BCUT2D eigenvalue weighted by atomic mass is 10.0. The first-order valence-electron chi connectivity index (χ1n) is 30.7. The molecule has 10 heteroatoms. The summed E-state index contributed by atoms with van der Waals surface area (Å²) in [4.78, 5) is 40.0. The summed E-state index contributed by atoms with van der Waals surface area (Å²) in [6.07, 6.45) is 68.6. The smallest absolute Gasteiger partial charge is 0.306 e. The molecule has 3 atom stereocenters. The molecule has 430 valence electrons. The van der Waals surface area contributed by atoms with Crippen LogP contribution in [0, 0.1) is 0 Å². The molecule has 0 aliphatic rings. The normalized spacial score (nSPS) is 14.2. The molecule has 0 heterocycles. The zero-order valence-corrected chi connectivity index (χ0v) is 49.9. The van der Waals surface area contributed by atoms with Crippen LogP contribution in [0.15, 0.2) is 72.9 Å². The van der Waals surface area contributed by atoms with Crippen LogP contribution < -0.4 is 10.2 Å². The molecule has 0 saturated carbocycles. The van der Waals surface area contributed by atoms with Crippen molar-refractivity contribution in [3.8, 4) is 0 Å². The van der Waals surface area contributed by atoms with Gasteiger partial charge >= 0.3 is 5.97 Å². The van der Waals surface area contributed by atoms with Crippen LogP contribution in [0.1, 0.15) is 271 Å². The number of amides is 1. The number of allylic oxidation sites excluding steroid dienone is 11. The first kappa shape index (κ1) is 71.5. The Bertz CT molecular complexity index is 1500. The Morgan fingerprint density at radius 1 is 0.486 bits per heavy atom. The van der Waals surface area contributed by atoms with Gasteiger partial charge in [0.25, 0.3) is 7.82 Å². The van der Waals surface area contributed by atoms with Crippen LogP contribution in [0.25, 0.3) is 0 Å². The summed E-state index contributed by atoms with van der Waals surface area (Å²) < 4.78 is 30.3. The molecule has 0 aromatic rings. The van der Waals surface area contributed by atoms with Crippen molar-refractivity contribution in [3.05, 3.63) is 72.9 Å². The number of unbranched alkanes of at least 4 members (excludes halogenated alkanes) is 29. The maximum absolute atomic E-state index is 13.5. The monoisotopic (exact) mass is 1060 g/mol. The highest BCUT2D eigenvalue weighted by Crippen LogP contribution is 2.38. The summed E-state index contributed by atoms with van der Waals surface area (Å²) in [5.74, 6) is -0.573. The molecule has 9 nitrogen and oxygen atoms in total. The number of nitrogens with zero attached hydrogens (tertiary/aromatic N) is 1. The molecule has 3 unspecified atom stereocenters. The number of esters is 1. The van der Waals surface area contributed by atoms with Gasteiger partial charge in [0.05, 0.1) is 33.8 Å². The van der Waals surface area contributed by atoms with Crippen molar-refractivity contribution < 1.29 is 37.3 Å². The van der Waals surface area contributed by atoms with E-state index in [1.807, 2.05) is 33.3 Å². The largest absolute Gasteiger partial charge is 0.756 e. The molecule has 0 aliphatic heterocycles. The third kappa shape index (κ3) is 54.2. The molecule has 0 aromatic heterocycles. The molecule has 74 heavy (non-hydrogen) atoms. The maximum atomic E-state index is 13.5. The minimum Gasteiger partial charge on any atom is -0.756 e. The van der Waals surface area contributed by atoms with Crippen molar-refractivity contribution in [1.29, 1.82) is 0 Å². The van der Waals surface area contributed by atoms with E-state index in [9.17, 15) is 19.0 Å². The Kier molecular flexibility index (Phi) is 52.0. The molecule has 0 saturated heterocycles. The van der Waals surface area contributed by atoms with Crippen molar-refractivity contribution >= 4 is 19.7 Å². The van der Waals surface area contributed by atoms with Gasteiger partial charge in [0.1, 0.15) is 19.3 Å². The fourth-order valence-electron chi connectivity index (χ4n) is 8.67. The Labute approximate surface area is 457 Å². The van der Waals surface area contributed by atoms with E-state index in [-0.39, 0.29) is 24.9 Å². The zero-order valence-electron chi connectivity index (χ0n) is 49.0. The molecule has 0 spiro atoms. The van der Waals surface area contributed by atoms with Gasteiger partial charge < -0.3 is 28.5 Å². The van der Waals surface area contributed by atoms with E-state index in [4.69, 9.17) is 13.8 Å². The summed E-state index contributed by atoms with van der Waals surface area (Å²) in [6, 6.07) is -0.902. The number of phosphoric acid groups is 1. The van der Waals surface area contributed by atoms with Gasteiger partial charge in [-0.15, -0.1) is 0 Å². The number of ether oxygens (including phenoxy) is 1. The highest BCUT2D eigenvalue weighted by atomic mass is 31.2. The standard InChI is InChI=1S/C64H117N2O7P/c1-7-10-13-16-19-22-25-28-30-32-33-35-37-39-42-45-48-51-54-57-64(68)73-62(55-52-49-46-43-40-27-24-21-18-15-12-9-3)61(60-72-74(69,70)71-59-58-66(4,5)6)65-63(67)56-53-50-47-44-41-38-36-34-31-29-26-23-20-17-14-11-8-2/h10,13,19,22,28,30,33,35,39,42,52,55,61-62H,7-9,11-12,14-18,20-21,23-27,29,31-32,34,36-38,40-41,43-51,53-54,56-60H2,1-6H3,(H-,65,67,69,70)/b13-10-,22-19-,30-28-,35-33-,42-39-,55-52+. The van der Waals surface area contributed by atoms with Crippen LogP contribution in [-0.4, -0.2) is 69.4 Å². The number of hydrogen-bond acceptors (Lipinski definition) is 7. The Morgan fingerprint density at radius 3 is 1.31 bits per heavy atom. The van der Waals surface area contributed by atoms with Crippen LogP contribution >= 0.6 is 7.82 Å². The fraction of sp³-hybridized carbons (Fsp3) is 0.781. The third-order valence-corrected chi connectivity index (χ3v) is 14.4. The highest BCUT2D eigenvalue weighted by Gasteiger charge is 2.27. The number of likely N-dealkylation sites (N-methyl/N-ethyl adjacent to an activating group) is 1. The summed E-state index contributed by atoms with van der Waals surface area (Å²) in [5.41, 5.74) is 0. The average Bonchev–Trinajstić information content (AvgIpc) is 3.36. The summed E-state index contributed by atoms with van der Waals surface area (Å²) >= 11 is 0. The Hall–Kier alpha value is -2.55. The van der Waals surface area contributed by atoms with E-state index in [1.54, 1.807) is 0 Å². The summed E-state index contributed by atoms with van der Waals surface area (Å²) in [7, 11) is 1.17. The van der Waals surface area contributed by atoms with Gasteiger partial charge in [-0.2, -0.15) is 0 Å². The molecule has 0 radical (unpaired) electrons. The third-order valence-electron chi connectivity index (χ3n) is 13.4. The minimum absolute atomic E-state index is 0.0289. The number of phosphoric ester groups is 1. The van der Waals surface area contributed by atoms with Crippen LogP contribution in [0.4, 0.5) is 0 Å². The molecule has 1 amide bonds. The molecular weight excluding hydrogens is 940 g/mol. The van der Waals surface area contributed by atoms with Gasteiger partial charge in [-0.3, -0.25) is 14.2 Å². The maximum Gasteiger partial charge on any atom is 0.306 e. The van der Waals surface area contributed by atoms with E-state index in [0.29, 0.717) is 23.9 Å². The van der Waals surface area contributed by atoms with E-state index in [1.165, 1.54) is 141 Å². The Balaban J connectivity index is 5.33. The fourth-order valence-corrected chi connectivity index (χ4v) is 9.39. The molecular formula is C64H117N2O7P. The number of rotatable bonds is 55. The van der Waals surface area contributed by atoms with E-state index in [0.717, 1.165) is 89.9 Å². The number of carbonyl (C=O) groups is 2. The summed E-state index contributed by atoms with van der Waals surface area (Å²) in [6.45, 7) is 6.72.